The Bertz CT molecular complexity index is 543. The molecule has 1 amide bonds. The van der Waals surface area contributed by atoms with Gasteiger partial charge in [-0.1, -0.05) is 18.2 Å². The smallest absolute Gasteiger partial charge is 0.225 e. The molecule has 1 aromatic carbocycles. The number of carbonyl (C=O) groups excluding carboxylic acids is 1. The Kier molecular flexibility index (Phi) is 6.39. The number of amides is 1. The lowest BCUT2D eigenvalue weighted by atomic mass is 9.91. The average molecular weight is 343 g/mol. The first-order valence-corrected chi connectivity index (χ1v) is 8.03. The summed E-state index contributed by atoms with van der Waals surface area (Å²) in [6.45, 7) is 4.50. The summed E-state index contributed by atoms with van der Waals surface area (Å²) < 4.78 is 19.6. The van der Waals surface area contributed by atoms with Gasteiger partial charge in [-0.15, -0.1) is 12.4 Å². The molecule has 2 aliphatic rings. The van der Waals surface area contributed by atoms with Crippen LogP contribution in [0, 0.1) is 11.7 Å². The molecule has 2 fully saturated rings. The second-order valence-corrected chi connectivity index (χ2v) is 6.24. The summed E-state index contributed by atoms with van der Waals surface area (Å²) in [5.74, 6) is 0.00546. The molecule has 0 saturated carbocycles. The van der Waals surface area contributed by atoms with E-state index in [0.29, 0.717) is 31.3 Å². The minimum atomic E-state index is -0.363. The monoisotopic (exact) mass is 342 g/mol. The molecule has 0 spiro atoms. The zero-order valence-electron chi connectivity index (χ0n) is 13.3. The van der Waals surface area contributed by atoms with Gasteiger partial charge in [-0.25, -0.2) is 4.39 Å². The van der Waals surface area contributed by atoms with Gasteiger partial charge in [-0.3, -0.25) is 4.79 Å². The van der Waals surface area contributed by atoms with E-state index in [4.69, 9.17) is 4.74 Å². The van der Waals surface area contributed by atoms with Crippen molar-refractivity contribution in [3.05, 3.63) is 35.6 Å². The minimum absolute atomic E-state index is 0. The minimum Gasteiger partial charge on any atom is -0.370 e. The van der Waals surface area contributed by atoms with Gasteiger partial charge in [0.05, 0.1) is 13.2 Å². The molecule has 2 heterocycles. The molecule has 0 aromatic heterocycles. The standard InChI is InChI=1S/C17H23FN2O2.ClH/c1-12-10-13(6-7-19-12)17(21)20-8-9-22-16(11-20)14-4-2-3-5-15(14)18;/h2-5,12-13,16,19H,6-11H2,1H3;1H/t12-,13-,16?;/m0./s1. The largest absolute Gasteiger partial charge is 0.370 e. The van der Waals surface area contributed by atoms with E-state index in [-0.39, 0.29) is 36.2 Å². The summed E-state index contributed by atoms with van der Waals surface area (Å²) in [5, 5.41) is 3.37. The Labute approximate surface area is 142 Å². The molecular weight excluding hydrogens is 319 g/mol. The third kappa shape index (κ3) is 4.22. The van der Waals surface area contributed by atoms with E-state index in [2.05, 4.69) is 12.2 Å². The Morgan fingerprint density at radius 3 is 2.91 bits per heavy atom. The summed E-state index contributed by atoms with van der Waals surface area (Å²) in [5.41, 5.74) is 0.540. The number of morpholine rings is 1. The van der Waals surface area contributed by atoms with Crippen molar-refractivity contribution in [1.29, 1.82) is 0 Å². The number of carbonyl (C=O) groups is 1. The molecule has 2 saturated heterocycles. The van der Waals surface area contributed by atoms with E-state index in [1.807, 2.05) is 4.90 Å². The number of hydrogen-bond donors (Lipinski definition) is 1. The number of rotatable bonds is 2. The molecule has 3 atom stereocenters. The molecule has 4 nitrogen and oxygen atoms in total. The highest BCUT2D eigenvalue weighted by Crippen LogP contribution is 2.27. The molecule has 0 radical (unpaired) electrons. The van der Waals surface area contributed by atoms with Gasteiger partial charge in [0.2, 0.25) is 5.91 Å². The Hall–Kier alpha value is -1.17. The van der Waals surface area contributed by atoms with Gasteiger partial charge in [0.1, 0.15) is 11.9 Å². The van der Waals surface area contributed by atoms with E-state index in [9.17, 15) is 9.18 Å². The Morgan fingerprint density at radius 2 is 2.17 bits per heavy atom. The average Bonchev–Trinajstić information content (AvgIpc) is 2.55. The number of nitrogens with one attached hydrogen (secondary N) is 1. The first-order chi connectivity index (χ1) is 10.6. The quantitative estimate of drug-likeness (QED) is 0.898. The van der Waals surface area contributed by atoms with E-state index >= 15 is 0 Å². The van der Waals surface area contributed by atoms with Crippen LogP contribution in [0.15, 0.2) is 24.3 Å². The van der Waals surface area contributed by atoms with Gasteiger partial charge >= 0.3 is 0 Å². The van der Waals surface area contributed by atoms with Crippen molar-refractivity contribution in [2.75, 3.05) is 26.2 Å². The van der Waals surface area contributed by atoms with Gasteiger partial charge in [-0.05, 0) is 32.4 Å². The molecule has 1 aromatic rings. The fraction of sp³-hybridized carbons (Fsp3) is 0.588. The van der Waals surface area contributed by atoms with Crippen molar-refractivity contribution in [2.45, 2.75) is 31.9 Å². The van der Waals surface area contributed by atoms with Crippen molar-refractivity contribution < 1.29 is 13.9 Å². The van der Waals surface area contributed by atoms with Crippen LogP contribution in [0.4, 0.5) is 4.39 Å². The van der Waals surface area contributed by atoms with Crippen molar-refractivity contribution >= 4 is 18.3 Å². The van der Waals surface area contributed by atoms with Gasteiger partial charge in [0, 0.05) is 24.1 Å². The Balaban J connectivity index is 0.00000192. The summed E-state index contributed by atoms with van der Waals surface area (Å²) >= 11 is 0. The lowest BCUT2D eigenvalue weighted by molar-refractivity contribution is -0.144. The first kappa shape index (κ1) is 18.2. The maximum atomic E-state index is 13.9. The van der Waals surface area contributed by atoms with Gasteiger partial charge in [0.25, 0.3) is 0 Å². The fourth-order valence-electron chi connectivity index (χ4n) is 3.39. The van der Waals surface area contributed by atoms with Crippen LogP contribution in [0.5, 0.6) is 0 Å². The maximum Gasteiger partial charge on any atom is 0.225 e. The molecule has 128 valence electrons. The SMILES string of the molecule is C[C@H]1C[C@@H](C(=O)N2CCOC(c3ccccc3F)C2)CCN1.Cl. The number of nitrogens with zero attached hydrogens (tertiary/aromatic N) is 1. The normalized spacial score (nSPS) is 28.1. The van der Waals surface area contributed by atoms with E-state index in [0.717, 1.165) is 19.4 Å². The molecule has 2 aliphatic heterocycles. The summed E-state index contributed by atoms with van der Waals surface area (Å²) in [7, 11) is 0. The second kappa shape index (κ2) is 8.08. The van der Waals surface area contributed by atoms with Crippen molar-refractivity contribution in [3.63, 3.8) is 0 Å². The highest BCUT2D eigenvalue weighted by Gasteiger charge is 2.32. The number of halogens is 2. The molecule has 23 heavy (non-hydrogen) atoms. The van der Waals surface area contributed by atoms with E-state index in [1.165, 1.54) is 6.07 Å². The summed E-state index contributed by atoms with van der Waals surface area (Å²) in [6.07, 6.45) is 1.39. The van der Waals surface area contributed by atoms with Crippen LogP contribution in [0.2, 0.25) is 0 Å². The second-order valence-electron chi connectivity index (χ2n) is 6.24. The first-order valence-electron chi connectivity index (χ1n) is 8.03. The third-order valence-electron chi connectivity index (χ3n) is 4.60. The predicted molar refractivity (Wildman–Crippen MR) is 89.1 cm³/mol. The van der Waals surface area contributed by atoms with Crippen LogP contribution in [-0.2, 0) is 9.53 Å². The lowest BCUT2D eigenvalue weighted by Crippen LogP contribution is -2.48. The van der Waals surface area contributed by atoms with Crippen LogP contribution in [0.25, 0.3) is 0 Å². The van der Waals surface area contributed by atoms with E-state index in [1.54, 1.807) is 18.2 Å². The maximum absolute atomic E-state index is 13.9. The number of piperidine rings is 1. The Morgan fingerprint density at radius 1 is 1.39 bits per heavy atom. The third-order valence-corrected chi connectivity index (χ3v) is 4.60. The van der Waals surface area contributed by atoms with Crippen molar-refractivity contribution in [2.24, 2.45) is 5.92 Å². The molecule has 6 heteroatoms. The molecule has 0 bridgehead atoms. The van der Waals surface area contributed by atoms with Crippen molar-refractivity contribution in [1.82, 2.24) is 10.2 Å². The van der Waals surface area contributed by atoms with Gasteiger partial charge in [-0.2, -0.15) is 0 Å². The molecule has 1 unspecified atom stereocenters. The lowest BCUT2D eigenvalue weighted by Gasteiger charge is -2.37. The zero-order valence-corrected chi connectivity index (χ0v) is 14.2. The molecular formula is C17H24ClFN2O2. The van der Waals surface area contributed by atoms with Crippen molar-refractivity contribution in [3.8, 4) is 0 Å². The highest BCUT2D eigenvalue weighted by atomic mass is 35.5. The predicted octanol–water partition coefficient (Wildman–Crippen LogP) is 2.54. The fourth-order valence-corrected chi connectivity index (χ4v) is 3.39. The van der Waals surface area contributed by atoms with Crippen LogP contribution in [0.3, 0.4) is 0 Å². The van der Waals surface area contributed by atoms with Crippen LogP contribution in [0.1, 0.15) is 31.4 Å². The van der Waals surface area contributed by atoms with Crippen LogP contribution in [-0.4, -0.2) is 43.1 Å². The van der Waals surface area contributed by atoms with Gasteiger partial charge in [0.15, 0.2) is 0 Å². The molecule has 1 N–H and O–H groups in total. The summed E-state index contributed by atoms with van der Waals surface area (Å²) in [6, 6.07) is 7.03. The summed E-state index contributed by atoms with van der Waals surface area (Å²) in [4.78, 5) is 14.6. The van der Waals surface area contributed by atoms with Crippen LogP contribution >= 0.6 is 12.4 Å². The number of benzene rings is 1. The highest BCUT2D eigenvalue weighted by molar-refractivity contribution is 5.85. The van der Waals surface area contributed by atoms with E-state index < -0.39 is 0 Å². The molecule has 3 rings (SSSR count). The van der Waals surface area contributed by atoms with Crippen LogP contribution < -0.4 is 5.32 Å². The number of ether oxygens (including phenoxy) is 1. The van der Waals surface area contributed by atoms with Gasteiger partial charge < -0.3 is 15.0 Å². The zero-order chi connectivity index (χ0) is 15.5. The topological polar surface area (TPSA) is 41.6 Å². The number of hydrogen-bond acceptors (Lipinski definition) is 3. The molecule has 0 aliphatic carbocycles.